The van der Waals surface area contributed by atoms with Gasteiger partial charge in [-0.05, 0) is 70.1 Å². The van der Waals surface area contributed by atoms with Gasteiger partial charge in [-0.3, -0.25) is 19.2 Å². The maximum atomic E-state index is 13.5. The van der Waals surface area contributed by atoms with E-state index < -0.39 is 88.6 Å². The Morgan fingerprint density at radius 3 is 1.80 bits per heavy atom. The topological polar surface area (TPSA) is 289 Å². The van der Waals surface area contributed by atoms with Crippen LogP contribution < -0.4 is 10.6 Å². The first-order valence-corrected chi connectivity index (χ1v) is 24.7. The SMILES string of the molecule is CO[P+](=O)OCC1C[C@@H](C)CN1C(=O)CCCCCCC(=O)[C@H](CCCCNC(=O)CCCCOC1OC(CO)C(O)C(O)C1C)NC(=O)CCCCOC1OC(CO)C(O)C(O)C1C. The van der Waals surface area contributed by atoms with Gasteiger partial charge >= 0.3 is 8.25 Å². The number of ether oxygens (including phenoxy) is 4. The molecule has 0 saturated carbocycles. The fourth-order valence-electron chi connectivity index (χ4n) is 8.43. The van der Waals surface area contributed by atoms with Crippen molar-refractivity contribution < 1.29 is 82.4 Å². The fourth-order valence-corrected chi connectivity index (χ4v) is 8.83. The molecule has 8 N–H and O–H groups in total. The molecule has 12 unspecified atom stereocenters. The van der Waals surface area contributed by atoms with Crippen molar-refractivity contribution in [3.05, 3.63) is 0 Å². The number of aliphatic hydroxyl groups excluding tert-OH is 6. The smallest absolute Gasteiger partial charge is 0.394 e. The summed E-state index contributed by atoms with van der Waals surface area (Å²) in [4.78, 5) is 53.9. The van der Waals surface area contributed by atoms with Crippen molar-refractivity contribution in [1.82, 2.24) is 15.5 Å². The predicted molar refractivity (Wildman–Crippen MR) is 235 cm³/mol. The highest BCUT2D eigenvalue weighted by Crippen LogP contribution is 2.30. The molecule has 0 aromatic heterocycles. The maximum absolute atomic E-state index is 13.5. The van der Waals surface area contributed by atoms with E-state index in [9.17, 15) is 54.4 Å². The summed E-state index contributed by atoms with van der Waals surface area (Å²) in [6, 6.07) is -0.846. The second kappa shape index (κ2) is 31.0. The summed E-state index contributed by atoms with van der Waals surface area (Å²) in [6.45, 7) is 6.18. The van der Waals surface area contributed by atoms with Crippen LogP contribution in [0.3, 0.4) is 0 Å². The van der Waals surface area contributed by atoms with Gasteiger partial charge in [0.1, 0.15) is 31.0 Å². The van der Waals surface area contributed by atoms with Crippen LogP contribution >= 0.6 is 8.25 Å². The summed E-state index contributed by atoms with van der Waals surface area (Å²) in [6.07, 6.45) is 0.0408. The number of carbonyl (C=O) groups is 4. The minimum atomic E-state index is -2.21. The number of nitrogens with zero attached hydrogens (tertiary/aromatic N) is 1. The molecule has 0 radical (unpaired) electrons. The largest absolute Gasteiger partial charge is 0.697 e. The van der Waals surface area contributed by atoms with Crippen LogP contribution in [0.2, 0.25) is 0 Å². The van der Waals surface area contributed by atoms with Crippen LogP contribution in [0.5, 0.6) is 0 Å². The maximum Gasteiger partial charge on any atom is 0.697 e. The Morgan fingerprint density at radius 2 is 1.25 bits per heavy atom. The lowest BCUT2D eigenvalue weighted by atomic mass is 9.92. The van der Waals surface area contributed by atoms with Gasteiger partial charge in [-0.2, -0.15) is 0 Å². The first kappa shape index (κ1) is 57.0. The number of Topliss-reactive ketones (excluding diaryl/α,β-unsaturated/α-hetero) is 1. The van der Waals surface area contributed by atoms with Crippen LogP contribution in [0, 0.1) is 17.8 Å². The monoisotopic (exact) mass is 953 g/mol. The number of rotatable bonds is 32. The van der Waals surface area contributed by atoms with Crippen molar-refractivity contribution in [2.45, 2.75) is 185 Å². The summed E-state index contributed by atoms with van der Waals surface area (Å²) >= 11 is 0. The van der Waals surface area contributed by atoms with Gasteiger partial charge in [0.15, 0.2) is 18.4 Å². The second-order valence-corrected chi connectivity index (χ2v) is 18.9. The Bertz CT molecular complexity index is 1430. The number of aliphatic hydroxyl groups is 6. The number of carbonyl (C=O) groups excluding carboxylic acids is 4. The molecule has 0 bridgehead atoms. The van der Waals surface area contributed by atoms with Crippen LogP contribution in [0.15, 0.2) is 0 Å². The molecule has 3 fully saturated rings. The molecule has 376 valence electrons. The predicted octanol–water partition coefficient (Wildman–Crippen LogP) is 1.75. The lowest BCUT2D eigenvalue weighted by molar-refractivity contribution is -0.282. The molecule has 3 aliphatic rings. The molecule has 0 aromatic rings. The second-order valence-electron chi connectivity index (χ2n) is 17.9. The molecule has 3 amide bonds. The minimum Gasteiger partial charge on any atom is -0.394 e. The van der Waals surface area contributed by atoms with Gasteiger partial charge in [-0.15, -0.1) is 9.05 Å². The van der Waals surface area contributed by atoms with Gasteiger partial charge in [-0.1, -0.05) is 33.6 Å². The third-order valence-electron chi connectivity index (χ3n) is 12.5. The lowest BCUT2D eigenvalue weighted by Gasteiger charge is -2.40. The van der Waals surface area contributed by atoms with E-state index >= 15 is 0 Å². The van der Waals surface area contributed by atoms with Crippen LogP contribution in [0.1, 0.15) is 124 Å². The van der Waals surface area contributed by atoms with E-state index in [4.69, 9.17) is 28.0 Å². The van der Waals surface area contributed by atoms with Gasteiger partial charge in [0.05, 0.1) is 44.6 Å². The Hall–Kier alpha value is -2.30. The van der Waals surface area contributed by atoms with Crippen molar-refractivity contribution >= 4 is 31.8 Å². The van der Waals surface area contributed by atoms with Crippen molar-refractivity contribution in [2.24, 2.45) is 17.8 Å². The third-order valence-corrected chi connectivity index (χ3v) is 13.2. The molecule has 3 aliphatic heterocycles. The van der Waals surface area contributed by atoms with Crippen molar-refractivity contribution in [1.29, 1.82) is 0 Å². The number of amides is 3. The first-order valence-electron chi connectivity index (χ1n) is 23.6. The van der Waals surface area contributed by atoms with Gasteiger partial charge in [0, 0.05) is 68.4 Å². The molecular formula is C44H79N3O17P+. The highest BCUT2D eigenvalue weighted by atomic mass is 31.1. The van der Waals surface area contributed by atoms with Crippen molar-refractivity contribution in [2.75, 3.05) is 53.2 Å². The van der Waals surface area contributed by atoms with Gasteiger partial charge in [0.25, 0.3) is 0 Å². The van der Waals surface area contributed by atoms with E-state index in [1.165, 1.54) is 7.11 Å². The van der Waals surface area contributed by atoms with Crippen LogP contribution in [0.4, 0.5) is 0 Å². The number of nitrogens with one attached hydrogen (secondary N) is 2. The molecular weight excluding hydrogens is 873 g/mol. The van der Waals surface area contributed by atoms with Gasteiger partial charge in [0.2, 0.25) is 17.7 Å². The number of likely N-dealkylation sites (tertiary alicyclic amines) is 1. The summed E-state index contributed by atoms with van der Waals surface area (Å²) in [5.74, 6) is -1.18. The number of unbranched alkanes of at least 4 members (excludes halogenated alkanes) is 6. The Kier molecular flexibility index (Phi) is 27.2. The number of hydrogen-bond acceptors (Lipinski definition) is 17. The van der Waals surface area contributed by atoms with Crippen LogP contribution in [0.25, 0.3) is 0 Å². The Morgan fingerprint density at radius 1 is 0.708 bits per heavy atom. The van der Waals surface area contributed by atoms with Gasteiger partial charge in [-0.25, -0.2) is 0 Å². The minimum absolute atomic E-state index is 0.0240. The van der Waals surface area contributed by atoms with E-state index in [-0.39, 0.29) is 68.6 Å². The molecule has 3 rings (SSSR count). The molecule has 0 aliphatic carbocycles. The van der Waals surface area contributed by atoms with E-state index in [2.05, 4.69) is 17.6 Å². The molecule has 0 aromatic carbocycles. The van der Waals surface area contributed by atoms with Crippen LogP contribution in [-0.4, -0.2) is 174 Å². The molecule has 0 spiro atoms. The molecule has 3 saturated heterocycles. The van der Waals surface area contributed by atoms with E-state index in [0.29, 0.717) is 83.2 Å². The summed E-state index contributed by atoms with van der Waals surface area (Å²) in [5.41, 5.74) is 0. The third kappa shape index (κ3) is 19.7. The fraction of sp³-hybridized carbons (Fsp3) is 0.909. The zero-order valence-corrected chi connectivity index (χ0v) is 39.7. The molecule has 20 nitrogen and oxygen atoms in total. The Labute approximate surface area is 384 Å². The summed E-state index contributed by atoms with van der Waals surface area (Å²) in [5, 5.41) is 65.3. The number of ketones is 1. The molecule has 65 heavy (non-hydrogen) atoms. The average molecular weight is 953 g/mol. The van der Waals surface area contributed by atoms with Crippen LogP contribution in [-0.2, 0) is 51.7 Å². The zero-order chi connectivity index (χ0) is 47.9. The lowest BCUT2D eigenvalue weighted by Crippen LogP contribution is -2.55. The normalized spacial score (nSPS) is 29.9. The summed E-state index contributed by atoms with van der Waals surface area (Å²) in [7, 11) is -0.906. The highest BCUT2D eigenvalue weighted by molar-refractivity contribution is 7.33. The first-order chi connectivity index (χ1) is 31.1. The Balaban J connectivity index is 1.38. The van der Waals surface area contributed by atoms with Gasteiger partial charge < -0.3 is 65.1 Å². The van der Waals surface area contributed by atoms with Crippen molar-refractivity contribution in [3.8, 4) is 0 Å². The molecule has 14 atom stereocenters. The molecule has 21 heteroatoms. The standard InChI is InChI=1S/C44H78N3O17P/c1-28-23-31(27-62-65(58)59-4)47(24-28)38(53)19-8-6-5-7-16-33(50)32(46-37(52)18-11-14-22-61-44-30(3)40(55)42(57)35(26-49)64-44)15-9-12-20-45-36(51)17-10-13-21-60-43-29(2)39(54)41(56)34(25-48)63-43/h28-32,34-35,39-44,48-49,54-57H,5-27H2,1-4H3,(H-,45,46,51,52)/p+1/t28-,29?,30?,31?,32+,34?,35?,39?,40?,41?,42?,43?,44?/m1/s1. The highest BCUT2D eigenvalue weighted by Gasteiger charge is 2.43. The number of hydrogen-bond donors (Lipinski definition) is 8. The average Bonchev–Trinajstić information content (AvgIpc) is 3.68. The van der Waals surface area contributed by atoms with E-state index in [1.807, 2.05) is 0 Å². The van der Waals surface area contributed by atoms with Crippen molar-refractivity contribution in [3.63, 3.8) is 0 Å². The van der Waals surface area contributed by atoms with E-state index in [0.717, 1.165) is 19.3 Å². The summed E-state index contributed by atoms with van der Waals surface area (Å²) < 4.78 is 44.2. The molecule has 3 heterocycles. The zero-order valence-electron chi connectivity index (χ0n) is 38.8. The van der Waals surface area contributed by atoms with E-state index in [1.54, 1.807) is 18.7 Å². The quantitative estimate of drug-likeness (QED) is 0.0352.